The van der Waals surface area contributed by atoms with Gasteiger partial charge >= 0.3 is 23.1 Å². The van der Waals surface area contributed by atoms with Crippen LogP contribution in [0.15, 0.2) is 96.3 Å². The maximum Gasteiger partial charge on any atom is 0.316 e. The molecule has 1 aliphatic rings. The Hall–Kier alpha value is -3.09. The first-order valence-corrected chi connectivity index (χ1v) is 9.36. The minimum Gasteiger partial charge on any atom is -0.511 e. The Labute approximate surface area is 191 Å². The Kier molecular flexibility index (Phi) is 6.92. The molecule has 3 aromatic rings. The van der Waals surface area contributed by atoms with Crippen LogP contribution in [0, 0.1) is 0 Å². The van der Waals surface area contributed by atoms with E-state index in [0.717, 1.165) is 16.7 Å². The lowest BCUT2D eigenvalue weighted by atomic mass is 9.96. The lowest BCUT2D eigenvalue weighted by Gasteiger charge is -2.25. The van der Waals surface area contributed by atoms with Crippen LogP contribution in [0.5, 0.6) is 0 Å². The van der Waals surface area contributed by atoms with Crippen LogP contribution in [-0.4, -0.2) is 40.0 Å². The Morgan fingerprint density at radius 3 is 2.03 bits per heavy atom. The van der Waals surface area contributed by atoms with Gasteiger partial charge in [0.2, 0.25) is 0 Å². The van der Waals surface area contributed by atoms with Crippen molar-refractivity contribution in [3.63, 3.8) is 0 Å². The van der Waals surface area contributed by atoms with E-state index in [4.69, 9.17) is 0 Å². The summed E-state index contributed by atoms with van der Waals surface area (Å²) >= 11 is 0. The zero-order valence-corrected chi connectivity index (χ0v) is 15.6. The number of benzene rings is 3. The van der Waals surface area contributed by atoms with Gasteiger partial charge in [-0.3, -0.25) is 9.59 Å². The van der Waals surface area contributed by atoms with Crippen molar-refractivity contribution in [2.75, 3.05) is 5.32 Å². The largest absolute Gasteiger partial charge is 0.511 e. The maximum absolute atomic E-state index is 12.6. The normalized spacial score (nSPS) is 15.7. The molecule has 3 N–H and O–H groups in total. The fraction of sp³-hybridized carbons (Fsp3) is 0.0833. The number of hydrogen-bond donors (Lipinski definition) is 3. The molecule has 0 bridgehead atoms. The molecule has 0 spiro atoms. The molecule has 5 nitrogen and oxygen atoms in total. The summed E-state index contributed by atoms with van der Waals surface area (Å²) in [5.41, 5.74) is 3.27. The van der Waals surface area contributed by atoms with Crippen LogP contribution in [0.1, 0.15) is 18.0 Å². The third kappa shape index (κ3) is 4.72. The molecule has 1 heterocycles. The molecule has 30 heavy (non-hydrogen) atoms. The monoisotopic (exact) mass is 410 g/mol. The van der Waals surface area contributed by atoms with E-state index >= 15 is 0 Å². The molecule has 1 unspecified atom stereocenters. The van der Waals surface area contributed by atoms with Crippen molar-refractivity contribution in [2.24, 2.45) is 0 Å². The van der Waals surface area contributed by atoms with Gasteiger partial charge in [-0.25, -0.2) is 0 Å². The molecule has 4 rings (SSSR count). The molecular weight excluding hydrogens is 389 g/mol. The standard InChI is InChI=1S/C24H20N2O3.Mg.2H/c27-21-15-20(18-9-5-2-6-10-18)26-24(29)22(21)23(28)25-19-13-11-17(12-14-19)16-7-3-1-4-8-16;;;/h1-14,20,27H,15H2,(H,25,28)(H,26,29);;;. The van der Waals surface area contributed by atoms with Crippen LogP contribution in [0.2, 0.25) is 0 Å². The van der Waals surface area contributed by atoms with E-state index in [0.29, 0.717) is 5.69 Å². The second-order valence-electron chi connectivity index (χ2n) is 6.86. The number of carbonyl (C=O) groups is 2. The van der Waals surface area contributed by atoms with Crippen LogP contribution in [0.3, 0.4) is 0 Å². The van der Waals surface area contributed by atoms with Crippen molar-refractivity contribution < 1.29 is 14.7 Å². The second-order valence-corrected chi connectivity index (χ2v) is 6.86. The first-order valence-electron chi connectivity index (χ1n) is 9.36. The molecule has 0 fully saturated rings. The van der Waals surface area contributed by atoms with Crippen molar-refractivity contribution in [1.82, 2.24) is 5.32 Å². The number of aliphatic hydroxyl groups is 1. The van der Waals surface area contributed by atoms with Crippen LogP contribution in [0.25, 0.3) is 11.1 Å². The zero-order chi connectivity index (χ0) is 20.2. The van der Waals surface area contributed by atoms with E-state index < -0.39 is 11.8 Å². The molecule has 0 saturated carbocycles. The first kappa shape index (κ1) is 21.6. The zero-order valence-electron chi connectivity index (χ0n) is 15.6. The number of aliphatic hydroxyl groups excluding tert-OH is 1. The quantitative estimate of drug-likeness (QED) is 0.455. The van der Waals surface area contributed by atoms with Crippen LogP contribution in [-0.2, 0) is 9.59 Å². The number of anilines is 1. The third-order valence-electron chi connectivity index (χ3n) is 4.90. The summed E-state index contributed by atoms with van der Waals surface area (Å²) in [5.74, 6) is -1.42. The van der Waals surface area contributed by atoms with Crippen molar-refractivity contribution >= 4 is 40.6 Å². The predicted molar refractivity (Wildman–Crippen MR) is 121 cm³/mol. The third-order valence-corrected chi connectivity index (χ3v) is 4.90. The van der Waals surface area contributed by atoms with Gasteiger partial charge in [-0.05, 0) is 28.8 Å². The summed E-state index contributed by atoms with van der Waals surface area (Å²) in [5, 5.41) is 15.9. The van der Waals surface area contributed by atoms with Gasteiger partial charge in [0.15, 0.2) is 0 Å². The average molecular weight is 411 g/mol. The molecule has 0 aliphatic carbocycles. The van der Waals surface area contributed by atoms with E-state index in [2.05, 4.69) is 10.6 Å². The van der Waals surface area contributed by atoms with Crippen LogP contribution >= 0.6 is 0 Å². The fourth-order valence-electron chi connectivity index (χ4n) is 3.40. The van der Waals surface area contributed by atoms with Gasteiger partial charge in [0.1, 0.15) is 11.3 Å². The van der Waals surface area contributed by atoms with Gasteiger partial charge in [0.05, 0.1) is 6.04 Å². The van der Waals surface area contributed by atoms with E-state index in [1.54, 1.807) is 12.1 Å². The number of nitrogens with one attached hydrogen (secondary N) is 2. The van der Waals surface area contributed by atoms with Gasteiger partial charge in [-0.1, -0.05) is 72.8 Å². The SMILES string of the molecule is O=C(Nc1ccc(-c2ccccc2)cc1)C1=C(O)CC(c2ccccc2)NC1=O.[MgH2]. The highest BCUT2D eigenvalue weighted by atomic mass is 24.3. The van der Waals surface area contributed by atoms with Gasteiger partial charge in [-0.15, -0.1) is 0 Å². The summed E-state index contributed by atoms with van der Waals surface area (Å²) in [6.07, 6.45) is 0.172. The molecule has 0 saturated heterocycles. The van der Waals surface area contributed by atoms with E-state index in [1.165, 1.54) is 0 Å². The molecule has 148 valence electrons. The van der Waals surface area contributed by atoms with Gasteiger partial charge in [0.25, 0.3) is 11.8 Å². The fourth-order valence-corrected chi connectivity index (χ4v) is 3.40. The molecular formula is C24H22MgN2O3. The van der Waals surface area contributed by atoms with Crippen LogP contribution in [0.4, 0.5) is 5.69 Å². The topological polar surface area (TPSA) is 78.4 Å². The van der Waals surface area contributed by atoms with Crippen molar-refractivity contribution in [3.8, 4) is 11.1 Å². The highest BCUT2D eigenvalue weighted by Crippen LogP contribution is 2.27. The minimum atomic E-state index is -0.626. The Bertz CT molecular complexity index is 1060. The van der Waals surface area contributed by atoms with Crippen LogP contribution < -0.4 is 10.6 Å². The molecule has 6 heteroatoms. The Morgan fingerprint density at radius 1 is 0.867 bits per heavy atom. The number of amides is 2. The van der Waals surface area contributed by atoms with Gasteiger partial charge in [0, 0.05) is 12.1 Å². The lowest BCUT2D eigenvalue weighted by molar-refractivity contribution is -0.123. The van der Waals surface area contributed by atoms with Crippen molar-refractivity contribution in [3.05, 3.63) is 102 Å². The van der Waals surface area contributed by atoms with E-state index in [1.807, 2.05) is 72.8 Å². The molecule has 0 aromatic heterocycles. The summed E-state index contributed by atoms with van der Waals surface area (Å²) in [4.78, 5) is 25.1. The number of carbonyl (C=O) groups excluding carboxylic acids is 2. The highest BCUT2D eigenvalue weighted by Gasteiger charge is 2.32. The summed E-state index contributed by atoms with van der Waals surface area (Å²) in [6.45, 7) is 0. The van der Waals surface area contributed by atoms with Gasteiger partial charge < -0.3 is 15.7 Å². The Morgan fingerprint density at radius 2 is 1.43 bits per heavy atom. The summed E-state index contributed by atoms with van der Waals surface area (Å²) in [7, 11) is 0. The number of rotatable bonds is 4. The highest BCUT2D eigenvalue weighted by molar-refractivity contribution is 6.23. The van der Waals surface area contributed by atoms with Crippen molar-refractivity contribution in [1.29, 1.82) is 0 Å². The Balaban J connectivity index is 0.00000256. The van der Waals surface area contributed by atoms with Crippen molar-refractivity contribution in [2.45, 2.75) is 12.5 Å². The van der Waals surface area contributed by atoms with E-state index in [9.17, 15) is 14.7 Å². The maximum atomic E-state index is 12.6. The molecule has 3 aromatic carbocycles. The van der Waals surface area contributed by atoms with E-state index in [-0.39, 0.29) is 46.8 Å². The lowest BCUT2D eigenvalue weighted by Crippen LogP contribution is -2.39. The first-order chi connectivity index (χ1) is 14.1. The molecule has 0 radical (unpaired) electrons. The molecule has 2 amide bonds. The summed E-state index contributed by atoms with van der Waals surface area (Å²) < 4.78 is 0. The minimum absolute atomic E-state index is 0. The smallest absolute Gasteiger partial charge is 0.316 e. The summed E-state index contributed by atoms with van der Waals surface area (Å²) in [6, 6.07) is 26.2. The second kappa shape index (κ2) is 9.60. The van der Waals surface area contributed by atoms with Gasteiger partial charge in [-0.2, -0.15) is 0 Å². The number of hydrogen-bond acceptors (Lipinski definition) is 3. The predicted octanol–water partition coefficient (Wildman–Crippen LogP) is 3.45. The molecule has 1 aliphatic heterocycles. The molecule has 1 atom stereocenters. The average Bonchev–Trinajstić information content (AvgIpc) is 2.75.